The van der Waals surface area contributed by atoms with Gasteiger partial charge >= 0.3 is 0 Å². The molecule has 3 nitrogen and oxygen atoms in total. The number of hydrogen-bond acceptors (Lipinski definition) is 3. The standard InChI is InChI=1S/C16H20BrN3/c1-20-9-3-4-12(11-20)10-19-16-14-5-2-6-15(17)13(14)7-8-18-16/h2,5-8,12H,3-4,9-11H2,1H3,(H,18,19). The van der Waals surface area contributed by atoms with Crippen LogP contribution >= 0.6 is 15.9 Å². The Bertz CT molecular complexity index is 599. The molecule has 1 fully saturated rings. The Labute approximate surface area is 128 Å². The van der Waals surface area contributed by atoms with Gasteiger partial charge in [-0.05, 0) is 44.5 Å². The van der Waals surface area contributed by atoms with Gasteiger partial charge < -0.3 is 10.2 Å². The second-order valence-electron chi connectivity index (χ2n) is 5.65. The van der Waals surface area contributed by atoms with E-state index in [-0.39, 0.29) is 0 Å². The Kier molecular flexibility index (Phi) is 4.22. The number of fused-ring (bicyclic) bond motifs is 1. The highest BCUT2D eigenvalue weighted by atomic mass is 79.9. The highest BCUT2D eigenvalue weighted by Gasteiger charge is 2.17. The molecule has 20 heavy (non-hydrogen) atoms. The average Bonchev–Trinajstić information content (AvgIpc) is 2.46. The Hall–Kier alpha value is -1.13. The summed E-state index contributed by atoms with van der Waals surface area (Å²) in [5.74, 6) is 1.72. The summed E-state index contributed by atoms with van der Waals surface area (Å²) in [7, 11) is 2.21. The summed E-state index contributed by atoms with van der Waals surface area (Å²) >= 11 is 3.60. The van der Waals surface area contributed by atoms with Crippen molar-refractivity contribution < 1.29 is 0 Å². The maximum atomic E-state index is 4.51. The summed E-state index contributed by atoms with van der Waals surface area (Å²) in [4.78, 5) is 6.93. The van der Waals surface area contributed by atoms with Gasteiger partial charge in [0.1, 0.15) is 5.82 Å². The van der Waals surface area contributed by atoms with Crippen LogP contribution in [0.2, 0.25) is 0 Å². The predicted molar refractivity (Wildman–Crippen MR) is 88.2 cm³/mol. The summed E-state index contributed by atoms with van der Waals surface area (Å²) in [6.07, 6.45) is 4.49. The SMILES string of the molecule is CN1CCCC(CNc2nccc3c(Br)cccc23)C1. The van der Waals surface area contributed by atoms with E-state index in [1.807, 2.05) is 6.20 Å². The van der Waals surface area contributed by atoms with Crippen molar-refractivity contribution in [3.8, 4) is 0 Å². The Balaban J connectivity index is 1.76. The molecule has 2 heterocycles. The molecule has 4 heteroatoms. The zero-order valence-corrected chi connectivity index (χ0v) is 13.4. The number of nitrogens with one attached hydrogen (secondary N) is 1. The lowest BCUT2D eigenvalue weighted by Gasteiger charge is -2.29. The van der Waals surface area contributed by atoms with Crippen molar-refractivity contribution in [2.45, 2.75) is 12.8 Å². The Morgan fingerprint density at radius 1 is 1.35 bits per heavy atom. The largest absolute Gasteiger partial charge is 0.369 e. The lowest BCUT2D eigenvalue weighted by atomic mass is 9.98. The normalized spacial score (nSPS) is 20.2. The number of rotatable bonds is 3. The molecular weight excluding hydrogens is 314 g/mol. The first-order valence-electron chi connectivity index (χ1n) is 7.19. The van der Waals surface area contributed by atoms with Gasteiger partial charge in [-0.3, -0.25) is 0 Å². The predicted octanol–water partition coefficient (Wildman–Crippen LogP) is 3.75. The van der Waals surface area contributed by atoms with Gasteiger partial charge in [-0.2, -0.15) is 0 Å². The molecule has 1 aliphatic rings. The van der Waals surface area contributed by atoms with Crippen molar-refractivity contribution in [1.82, 2.24) is 9.88 Å². The molecule has 1 atom stereocenters. The molecule has 0 bridgehead atoms. The summed E-state index contributed by atoms with van der Waals surface area (Å²) in [6.45, 7) is 3.42. The van der Waals surface area contributed by atoms with E-state index in [0.717, 1.165) is 22.8 Å². The van der Waals surface area contributed by atoms with Crippen molar-refractivity contribution in [3.63, 3.8) is 0 Å². The minimum absolute atomic E-state index is 0.720. The number of benzene rings is 1. The summed E-state index contributed by atoms with van der Waals surface area (Å²) in [5, 5.41) is 5.95. The van der Waals surface area contributed by atoms with Crippen molar-refractivity contribution in [1.29, 1.82) is 0 Å². The summed E-state index contributed by atoms with van der Waals surface area (Å²) < 4.78 is 1.12. The van der Waals surface area contributed by atoms with Crippen LogP contribution in [-0.4, -0.2) is 36.6 Å². The van der Waals surface area contributed by atoms with Crippen LogP contribution in [0.4, 0.5) is 5.82 Å². The molecule has 1 N–H and O–H groups in total. The minimum Gasteiger partial charge on any atom is -0.369 e. The van der Waals surface area contributed by atoms with E-state index in [0.29, 0.717) is 0 Å². The smallest absolute Gasteiger partial charge is 0.133 e. The minimum atomic E-state index is 0.720. The number of anilines is 1. The molecule has 2 aromatic rings. The fraction of sp³-hybridized carbons (Fsp3) is 0.438. The molecule has 1 unspecified atom stereocenters. The van der Waals surface area contributed by atoms with Crippen molar-refractivity contribution in [2.24, 2.45) is 5.92 Å². The maximum Gasteiger partial charge on any atom is 0.133 e. The van der Waals surface area contributed by atoms with Crippen molar-refractivity contribution >= 4 is 32.5 Å². The lowest BCUT2D eigenvalue weighted by Crippen LogP contribution is -2.35. The maximum absolute atomic E-state index is 4.51. The van der Waals surface area contributed by atoms with Gasteiger partial charge in [-0.1, -0.05) is 28.1 Å². The Morgan fingerprint density at radius 2 is 2.25 bits per heavy atom. The van der Waals surface area contributed by atoms with E-state index in [9.17, 15) is 0 Å². The van der Waals surface area contributed by atoms with E-state index in [1.165, 1.54) is 36.7 Å². The van der Waals surface area contributed by atoms with Crippen LogP contribution in [-0.2, 0) is 0 Å². The van der Waals surface area contributed by atoms with Crippen molar-refractivity contribution in [3.05, 3.63) is 34.9 Å². The van der Waals surface area contributed by atoms with Gasteiger partial charge in [-0.25, -0.2) is 4.98 Å². The number of piperidine rings is 1. The molecule has 1 aliphatic heterocycles. The van der Waals surface area contributed by atoms with Gasteiger partial charge in [0.15, 0.2) is 0 Å². The third-order valence-electron chi connectivity index (χ3n) is 4.03. The molecule has 0 aliphatic carbocycles. The number of likely N-dealkylation sites (tertiary alicyclic amines) is 1. The second kappa shape index (κ2) is 6.10. The third kappa shape index (κ3) is 2.96. The van der Waals surface area contributed by atoms with E-state index in [2.05, 4.69) is 62.4 Å². The second-order valence-corrected chi connectivity index (χ2v) is 6.50. The molecule has 1 aromatic heterocycles. The molecular formula is C16H20BrN3. The number of pyridine rings is 1. The molecule has 0 saturated carbocycles. The highest BCUT2D eigenvalue weighted by molar-refractivity contribution is 9.10. The number of halogens is 1. The van der Waals surface area contributed by atoms with E-state index in [1.54, 1.807) is 0 Å². The first-order valence-corrected chi connectivity index (χ1v) is 7.99. The fourth-order valence-corrected chi connectivity index (χ4v) is 3.49. The van der Waals surface area contributed by atoms with Gasteiger partial charge in [0.2, 0.25) is 0 Å². The van der Waals surface area contributed by atoms with Crippen LogP contribution in [0.25, 0.3) is 10.8 Å². The third-order valence-corrected chi connectivity index (χ3v) is 4.72. The van der Waals surface area contributed by atoms with Gasteiger partial charge in [-0.15, -0.1) is 0 Å². The molecule has 0 amide bonds. The number of aromatic nitrogens is 1. The quantitative estimate of drug-likeness (QED) is 0.927. The summed E-state index contributed by atoms with van der Waals surface area (Å²) in [6, 6.07) is 8.32. The zero-order valence-electron chi connectivity index (χ0n) is 11.8. The van der Waals surface area contributed by atoms with Gasteiger partial charge in [0, 0.05) is 34.5 Å². The molecule has 0 spiro atoms. The van der Waals surface area contributed by atoms with Gasteiger partial charge in [0.25, 0.3) is 0 Å². The van der Waals surface area contributed by atoms with E-state index in [4.69, 9.17) is 0 Å². The van der Waals surface area contributed by atoms with Crippen LogP contribution in [0.3, 0.4) is 0 Å². The van der Waals surface area contributed by atoms with Crippen LogP contribution in [0, 0.1) is 5.92 Å². The van der Waals surface area contributed by atoms with E-state index < -0.39 is 0 Å². The molecule has 1 aromatic carbocycles. The van der Waals surface area contributed by atoms with Gasteiger partial charge in [0.05, 0.1) is 0 Å². The molecule has 0 radical (unpaired) electrons. The molecule has 106 valence electrons. The van der Waals surface area contributed by atoms with Crippen LogP contribution in [0.15, 0.2) is 34.9 Å². The summed E-state index contributed by atoms with van der Waals surface area (Å²) in [5.41, 5.74) is 0. The van der Waals surface area contributed by atoms with Crippen LogP contribution in [0.1, 0.15) is 12.8 Å². The number of nitrogens with zero attached hydrogens (tertiary/aromatic N) is 2. The van der Waals surface area contributed by atoms with E-state index >= 15 is 0 Å². The fourth-order valence-electron chi connectivity index (χ4n) is 2.99. The zero-order chi connectivity index (χ0) is 13.9. The average molecular weight is 334 g/mol. The highest BCUT2D eigenvalue weighted by Crippen LogP contribution is 2.28. The first-order chi connectivity index (χ1) is 9.74. The monoisotopic (exact) mass is 333 g/mol. The topological polar surface area (TPSA) is 28.2 Å². The van der Waals surface area contributed by atoms with Crippen LogP contribution in [0.5, 0.6) is 0 Å². The first kappa shape index (κ1) is 13.8. The Morgan fingerprint density at radius 3 is 3.10 bits per heavy atom. The molecule has 1 saturated heterocycles. The molecule has 3 rings (SSSR count). The number of hydrogen-bond donors (Lipinski definition) is 1. The van der Waals surface area contributed by atoms with Crippen molar-refractivity contribution in [2.75, 3.05) is 32.0 Å². The lowest BCUT2D eigenvalue weighted by molar-refractivity contribution is 0.217. The van der Waals surface area contributed by atoms with Crippen LogP contribution < -0.4 is 5.32 Å².